The highest BCUT2D eigenvalue weighted by molar-refractivity contribution is 8.16. The largest absolute Gasteiger partial charge is 0.497 e. The van der Waals surface area contributed by atoms with Gasteiger partial charge in [0.2, 0.25) is 0 Å². The Hall–Kier alpha value is -1.74. The normalized spacial score (nSPS) is 25.6. The van der Waals surface area contributed by atoms with Crippen molar-refractivity contribution in [1.82, 2.24) is 0 Å². The topological polar surface area (TPSA) is 85.3 Å². The molecule has 0 N–H and O–H groups in total. The maximum Gasteiger partial charge on any atom is 0.250 e. The molecule has 0 spiro atoms. The van der Waals surface area contributed by atoms with Gasteiger partial charge in [0.15, 0.2) is 15.0 Å². The number of benzene rings is 1. The number of methoxy groups -OCH3 is 2. The SMILES string of the molecule is COc1ccc(N2C(=NC(=O)C(C)C)S[C@@H]3CS(=O)(=O)C[C@H]32)c(OC)c1. The lowest BCUT2D eigenvalue weighted by molar-refractivity contribution is -0.120. The zero-order valence-corrected chi connectivity index (χ0v) is 16.8. The minimum atomic E-state index is -3.11. The maximum absolute atomic E-state index is 12.2. The number of amides is 1. The van der Waals surface area contributed by atoms with Crippen LogP contribution in [-0.4, -0.2) is 56.5 Å². The van der Waals surface area contributed by atoms with E-state index in [0.29, 0.717) is 22.4 Å². The first-order valence-corrected chi connectivity index (χ1v) is 11.0. The molecule has 0 unspecified atom stereocenters. The molecule has 2 aliphatic heterocycles. The van der Waals surface area contributed by atoms with Gasteiger partial charge in [0.25, 0.3) is 5.91 Å². The predicted octanol–water partition coefficient (Wildman–Crippen LogP) is 1.96. The number of ether oxygens (including phenoxy) is 2. The number of fused-ring (bicyclic) bond motifs is 1. The van der Waals surface area contributed by atoms with Gasteiger partial charge < -0.3 is 14.4 Å². The maximum atomic E-state index is 12.2. The van der Waals surface area contributed by atoms with Crippen LogP contribution in [0.15, 0.2) is 23.2 Å². The monoisotopic (exact) mass is 398 g/mol. The van der Waals surface area contributed by atoms with Gasteiger partial charge in [-0.25, -0.2) is 8.42 Å². The van der Waals surface area contributed by atoms with Crippen LogP contribution in [0.25, 0.3) is 0 Å². The Kier molecular flexibility index (Phi) is 5.21. The number of sulfone groups is 1. The second kappa shape index (κ2) is 7.11. The zero-order valence-electron chi connectivity index (χ0n) is 15.1. The van der Waals surface area contributed by atoms with Crippen molar-refractivity contribution in [3.63, 3.8) is 0 Å². The van der Waals surface area contributed by atoms with Crippen molar-refractivity contribution in [2.24, 2.45) is 10.9 Å². The molecule has 1 aromatic carbocycles. The van der Waals surface area contributed by atoms with Crippen molar-refractivity contribution >= 4 is 38.4 Å². The molecule has 0 aliphatic carbocycles. The molecule has 2 heterocycles. The molecule has 142 valence electrons. The van der Waals surface area contributed by atoms with Crippen molar-refractivity contribution in [1.29, 1.82) is 0 Å². The van der Waals surface area contributed by atoms with Gasteiger partial charge in [-0.1, -0.05) is 25.6 Å². The number of aliphatic imine (C=N–C) groups is 1. The molecule has 1 aromatic rings. The first kappa shape index (κ1) is 19.0. The summed E-state index contributed by atoms with van der Waals surface area (Å²) in [6, 6.07) is 5.05. The summed E-state index contributed by atoms with van der Waals surface area (Å²) in [7, 11) is -0.00946. The number of hydrogen-bond donors (Lipinski definition) is 0. The van der Waals surface area contributed by atoms with E-state index in [-0.39, 0.29) is 34.6 Å². The molecule has 0 radical (unpaired) electrons. The van der Waals surface area contributed by atoms with Crippen LogP contribution in [-0.2, 0) is 14.6 Å². The number of carbonyl (C=O) groups excluding carboxylic acids is 1. The fraction of sp³-hybridized carbons (Fsp3) is 0.529. The Balaban J connectivity index is 2.08. The van der Waals surface area contributed by atoms with Crippen molar-refractivity contribution in [3.8, 4) is 11.5 Å². The summed E-state index contributed by atoms with van der Waals surface area (Å²) >= 11 is 1.35. The molecule has 3 rings (SSSR count). The van der Waals surface area contributed by atoms with Crippen LogP contribution in [0.2, 0.25) is 0 Å². The third kappa shape index (κ3) is 3.55. The molecule has 0 aromatic heterocycles. The van der Waals surface area contributed by atoms with Gasteiger partial charge in [-0.3, -0.25) is 4.79 Å². The molecule has 2 aliphatic rings. The van der Waals surface area contributed by atoms with Gasteiger partial charge in [-0.2, -0.15) is 4.99 Å². The standard InChI is InChI=1S/C17H22N2O5S2/c1-10(2)16(20)18-17-19(13-8-26(21,22)9-15(13)25-17)12-6-5-11(23-3)7-14(12)24-4/h5-7,10,13,15H,8-9H2,1-4H3/t13-,15-/m1/s1. The van der Waals surface area contributed by atoms with Crippen LogP contribution in [0, 0.1) is 5.92 Å². The number of amidine groups is 1. The molecule has 0 bridgehead atoms. The number of nitrogens with zero attached hydrogens (tertiary/aromatic N) is 2. The second-order valence-corrected chi connectivity index (χ2v) is 9.96. The number of anilines is 1. The van der Waals surface area contributed by atoms with E-state index in [2.05, 4.69) is 4.99 Å². The van der Waals surface area contributed by atoms with E-state index in [1.165, 1.54) is 11.8 Å². The summed E-state index contributed by atoms with van der Waals surface area (Å²) in [6.07, 6.45) is 0. The van der Waals surface area contributed by atoms with Crippen molar-refractivity contribution in [2.45, 2.75) is 25.1 Å². The second-order valence-electron chi connectivity index (χ2n) is 6.60. The van der Waals surface area contributed by atoms with E-state index >= 15 is 0 Å². The molecule has 7 nitrogen and oxygen atoms in total. The summed E-state index contributed by atoms with van der Waals surface area (Å²) in [5.74, 6) is 0.838. The van der Waals surface area contributed by atoms with Gasteiger partial charge in [-0.15, -0.1) is 0 Å². The van der Waals surface area contributed by atoms with E-state index < -0.39 is 9.84 Å². The number of hydrogen-bond acceptors (Lipinski definition) is 6. The number of carbonyl (C=O) groups is 1. The quantitative estimate of drug-likeness (QED) is 0.766. The summed E-state index contributed by atoms with van der Waals surface area (Å²) in [4.78, 5) is 18.3. The van der Waals surface area contributed by atoms with Gasteiger partial charge >= 0.3 is 0 Å². The fourth-order valence-electron chi connectivity index (χ4n) is 3.05. The molecule has 0 saturated carbocycles. The first-order valence-electron chi connectivity index (χ1n) is 8.26. The van der Waals surface area contributed by atoms with Crippen LogP contribution in [0.3, 0.4) is 0 Å². The Morgan fingerprint density at radius 1 is 1.27 bits per heavy atom. The van der Waals surface area contributed by atoms with Crippen molar-refractivity contribution in [2.75, 3.05) is 30.6 Å². The van der Waals surface area contributed by atoms with Gasteiger partial charge in [0.05, 0.1) is 37.5 Å². The van der Waals surface area contributed by atoms with E-state index in [4.69, 9.17) is 9.47 Å². The predicted molar refractivity (Wildman–Crippen MR) is 103 cm³/mol. The zero-order chi connectivity index (χ0) is 19.1. The van der Waals surface area contributed by atoms with E-state index in [9.17, 15) is 13.2 Å². The summed E-state index contributed by atoms with van der Waals surface area (Å²) < 4.78 is 34.9. The average Bonchev–Trinajstić information content (AvgIpc) is 3.05. The summed E-state index contributed by atoms with van der Waals surface area (Å²) in [6.45, 7) is 3.57. The lowest BCUT2D eigenvalue weighted by Gasteiger charge is -2.26. The Morgan fingerprint density at radius 3 is 2.62 bits per heavy atom. The molecule has 1 amide bonds. The van der Waals surface area contributed by atoms with Crippen LogP contribution in [0.4, 0.5) is 5.69 Å². The van der Waals surface area contributed by atoms with E-state index in [1.54, 1.807) is 46.3 Å². The summed E-state index contributed by atoms with van der Waals surface area (Å²) in [5, 5.41) is 0.377. The third-order valence-electron chi connectivity index (χ3n) is 4.41. The van der Waals surface area contributed by atoms with Crippen LogP contribution in [0.1, 0.15) is 13.8 Å². The van der Waals surface area contributed by atoms with Gasteiger partial charge in [-0.05, 0) is 12.1 Å². The molecule has 2 fully saturated rings. The highest BCUT2D eigenvalue weighted by Crippen LogP contribution is 2.44. The minimum absolute atomic E-state index is 0.0364. The molecule has 2 saturated heterocycles. The Bertz CT molecular complexity index is 851. The van der Waals surface area contributed by atoms with Gasteiger partial charge in [0.1, 0.15) is 11.5 Å². The molecule has 9 heteroatoms. The van der Waals surface area contributed by atoms with Crippen LogP contribution in [0.5, 0.6) is 11.5 Å². The summed E-state index contributed by atoms with van der Waals surface area (Å²) in [5.41, 5.74) is 0.681. The smallest absolute Gasteiger partial charge is 0.250 e. The molecular formula is C17H22N2O5S2. The van der Waals surface area contributed by atoms with E-state index in [0.717, 1.165) is 0 Å². The molecule has 2 atom stereocenters. The number of thioether (sulfide) groups is 1. The Morgan fingerprint density at radius 2 is 2.00 bits per heavy atom. The third-order valence-corrected chi connectivity index (χ3v) is 7.62. The van der Waals surface area contributed by atoms with Crippen LogP contribution < -0.4 is 14.4 Å². The minimum Gasteiger partial charge on any atom is -0.497 e. The van der Waals surface area contributed by atoms with Crippen LogP contribution >= 0.6 is 11.8 Å². The van der Waals surface area contributed by atoms with Gasteiger partial charge in [0, 0.05) is 17.2 Å². The van der Waals surface area contributed by atoms with Crippen molar-refractivity contribution in [3.05, 3.63) is 18.2 Å². The fourth-order valence-corrected chi connectivity index (χ4v) is 6.97. The average molecular weight is 399 g/mol. The lowest BCUT2D eigenvalue weighted by atomic mass is 10.2. The van der Waals surface area contributed by atoms with Crippen molar-refractivity contribution < 1.29 is 22.7 Å². The molecule has 26 heavy (non-hydrogen) atoms. The molecular weight excluding hydrogens is 376 g/mol. The highest BCUT2D eigenvalue weighted by Gasteiger charge is 2.50. The number of rotatable bonds is 4. The van der Waals surface area contributed by atoms with E-state index in [1.807, 2.05) is 4.90 Å². The first-order chi connectivity index (χ1) is 12.3. The lowest BCUT2D eigenvalue weighted by Crippen LogP contribution is -2.38. The Labute approximate surface area is 157 Å². The highest BCUT2D eigenvalue weighted by atomic mass is 32.2.